The molecule has 7 nitrogen and oxygen atoms in total. The topological polar surface area (TPSA) is 90.9 Å². The summed E-state index contributed by atoms with van der Waals surface area (Å²) in [5.74, 6) is -0.551. The van der Waals surface area contributed by atoms with E-state index in [0.29, 0.717) is 40.2 Å². The van der Waals surface area contributed by atoms with Gasteiger partial charge in [-0.05, 0) is 24.3 Å². The number of thiophene rings is 1. The Balaban J connectivity index is 1.30. The average Bonchev–Trinajstić information content (AvgIpc) is 3.12. The van der Waals surface area contributed by atoms with E-state index in [1.54, 1.807) is 18.2 Å². The van der Waals surface area contributed by atoms with Gasteiger partial charge in [-0.2, -0.15) is 0 Å². The Morgan fingerprint density at radius 1 is 1.07 bits per heavy atom. The summed E-state index contributed by atoms with van der Waals surface area (Å²) in [5, 5.41) is 3.59. The van der Waals surface area contributed by atoms with Gasteiger partial charge in [-0.15, -0.1) is 11.3 Å². The van der Waals surface area contributed by atoms with Gasteiger partial charge >= 0.3 is 5.97 Å². The van der Waals surface area contributed by atoms with Gasteiger partial charge in [0.25, 0.3) is 5.91 Å². The van der Waals surface area contributed by atoms with Gasteiger partial charge in [0.05, 0.1) is 5.02 Å². The van der Waals surface area contributed by atoms with Crippen molar-refractivity contribution in [2.75, 3.05) is 26.4 Å². The number of carbonyl (C=O) groups is 3. The number of rotatable bonds is 6. The molecule has 0 aliphatic carbocycles. The first kappa shape index (κ1) is 20.2. The number of ether oxygens (including phenoxy) is 3. The highest BCUT2D eigenvalue weighted by Gasteiger charge is 2.19. The van der Waals surface area contributed by atoms with E-state index in [2.05, 4.69) is 5.32 Å². The molecule has 1 aliphatic heterocycles. The zero-order chi connectivity index (χ0) is 21.1. The lowest BCUT2D eigenvalue weighted by Crippen LogP contribution is -2.31. The standard InChI is InChI=1S/C21H16ClNO6S/c22-19-13-3-1-2-4-17(13)30-20(19)21(26)23-10-18(25)29-11-14(24)12-5-6-15-16(9-12)28-8-7-27-15/h1-6,9H,7-8,10-11H2,(H,23,26). The van der Waals surface area contributed by atoms with Crippen LogP contribution in [-0.2, 0) is 9.53 Å². The van der Waals surface area contributed by atoms with Gasteiger partial charge in [-0.1, -0.05) is 29.8 Å². The molecule has 0 bridgehead atoms. The van der Waals surface area contributed by atoms with Crippen molar-refractivity contribution in [3.8, 4) is 11.5 Å². The first-order valence-corrected chi connectivity index (χ1v) is 10.3. The molecular weight excluding hydrogens is 430 g/mol. The fourth-order valence-corrected chi connectivity index (χ4v) is 4.32. The first-order chi connectivity index (χ1) is 14.5. The number of Topliss-reactive ketones (excluding diaryl/α,β-unsaturated/α-hetero) is 1. The molecule has 30 heavy (non-hydrogen) atoms. The third kappa shape index (κ3) is 4.24. The zero-order valence-electron chi connectivity index (χ0n) is 15.6. The number of amides is 1. The maximum atomic E-state index is 12.4. The van der Waals surface area contributed by atoms with Crippen LogP contribution in [0.15, 0.2) is 42.5 Å². The highest BCUT2D eigenvalue weighted by Crippen LogP contribution is 2.35. The van der Waals surface area contributed by atoms with Gasteiger partial charge in [0.2, 0.25) is 0 Å². The maximum Gasteiger partial charge on any atom is 0.325 e. The molecule has 1 N–H and O–H groups in total. The van der Waals surface area contributed by atoms with Crippen LogP contribution >= 0.6 is 22.9 Å². The van der Waals surface area contributed by atoms with Gasteiger partial charge in [-0.3, -0.25) is 14.4 Å². The average molecular weight is 446 g/mol. The Morgan fingerprint density at radius 3 is 2.63 bits per heavy atom. The van der Waals surface area contributed by atoms with E-state index in [-0.39, 0.29) is 12.3 Å². The van der Waals surface area contributed by atoms with Crippen LogP contribution in [0.3, 0.4) is 0 Å². The first-order valence-electron chi connectivity index (χ1n) is 9.06. The Labute approximate surface area is 180 Å². The number of hydrogen-bond acceptors (Lipinski definition) is 7. The summed E-state index contributed by atoms with van der Waals surface area (Å²) < 4.78 is 16.7. The molecular formula is C21H16ClNO6S. The van der Waals surface area contributed by atoms with Crippen LogP contribution in [-0.4, -0.2) is 44.0 Å². The van der Waals surface area contributed by atoms with Gasteiger partial charge in [0.1, 0.15) is 24.6 Å². The fraction of sp³-hybridized carbons (Fsp3) is 0.190. The summed E-state index contributed by atoms with van der Waals surface area (Å²) in [6.45, 7) is 0.0370. The smallest absolute Gasteiger partial charge is 0.325 e. The Bertz CT molecular complexity index is 1140. The summed E-state index contributed by atoms with van der Waals surface area (Å²) in [5.41, 5.74) is 0.341. The Morgan fingerprint density at radius 2 is 1.83 bits per heavy atom. The molecule has 1 aliphatic rings. The lowest BCUT2D eigenvalue weighted by Gasteiger charge is -2.18. The van der Waals surface area contributed by atoms with Crippen molar-refractivity contribution in [1.82, 2.24) is 5.32 Å². The van der Waals surface area contributed by atoms with Crippen LogP contribution < -0.4 is 14.8 Å². The second-order valence-electron chi connectivity index (χ2n) is 6.37. The van der Waals surface area contributed by atoms with Crippen LogP contribution in [0.4, 0.5) is 0 Å². The van der Waals surface area contributed by atoms with Crippen molar-refractivity contribution in [2.45, 2.75) is 0 Å². The molecule has 3 aromatic rings. The van der Waals surface area contributed by atoms with Crippen molar-refractivity contribution >= 4 is 50.7 Å². The van der Waals surface area contributed by atoms with Crippen molar-refractivity contribution < 1.29 is 28.6 Å². The van der Waals surface area contributed by atoms with Gasteiger partial charge in [0, 0.05) is 15.6 Å². The lowest BCUT2D eigenvalue weighted by atomic mass is 10.1. The van der Waals surface area contributed by atoms with Crippen molar-refractivity contribution in [3.05, 3.63) is 57.9 Å². The summed E-state index contributed by atoms with van der Waals surface area (Å²) in [7, 11) is 0. The molecule has 154 valence electrons. The van der Waals surface area contributed by atoms with E-state index in [0.717, 1.165) is 10.1 Å². The number of halogens is 1. The normalized spacial score (nSPS) is 12.4. The molecule has 0 radical (unpaired) electrons. The summed E-state index contributed by atoms with van der Waals surface area (Å²) in [6.07, 6.45) is 0. The molecule has 2 aromatic carbocycles. The van der Waals surface area contributed by atoms with E-state index in [1.807, 2.05) is 24.3 Å². The number of benzene rings is 2. The molecule has 0 spiro atoms. The minimum atomic E-state index is -0.730. The largest absolute Gasteiger partial charge is 0.486 e. The third-order valence-electron chi connectivity index (χ3n) is 4.36. The van der Waals surface area contributed by atoms with Gasteiger partial charge < -0.3 is 19.5 Å². The molecule has 0 fully saturated rings. The van der Waals surface area contributed by atoms with Crippen LogP contribution in [0.5, 0.6) is 11.5 Å². The monoisotopic (exact) mass is 445 g/mol. The summed E-state index contributed by atoms with van der Waals surface area (Å²) in [6, 6.07) is 12.1. The van der Waals surface area contributed by atoms with E-state index >= 15 is 0 Å². The third-order valence-corrected chi connectivity index (χ3v) is 6.04. The minimum Gasteiger partial charge on any atom is -0.486 e. The fourth-order valence-electron chi connectivity index (χ4n) is 2.89. The Hall–Kier alpha value is -3.10. The lowest BCUT2D eigenvalue weighted by molar-refractivity contribution is -0.141. The van der Waals surface area contributed by atoms with E-state index in [4.69, 9.17) is 25.8 Å². The van der Waals surface area contributed by atoms with E-state index < -0.39 is 18.5 Å². The van der Waals surface area contributed by atoms with Crippen LogP contribution in [0.25, 0.3) is 10.1 Å². The molecule has 1 amide bonds. The number of fused-ring (bicyclic) bond motifs is 2. The number of hydrogen-bond donors (Lipinski definition) is 1. The summed E-state index contributed by atoms with van der Waals surface area (Å²) >= 11 is 7.50. The van der Waals surface area contributed by atoms with E-state index in [9.17, 15) is 14.4 Å². The Kier molecular flexibility index (Phi) is 5.87. The SMILES string of the molecule is O=C(CNC(=O)c1sc2ccccc2c1Cl)OCC(=O)c1ccc2c(c1)OCCO2. The number of esters is 1. The number of nitrogens with one attached hydrogen (secondary N) is 1. The zero-order valence-corrected chi connectivity index (χ0v) is 17.2. The van der Waals surface area contributed by atoms with Gasteiger partial charge in [0.15, 0.2) is 23.9 Å². The summed E-state index contributed by atoms with van der Waals surface area (Å²) in [4.78, 5) is 36.9. The predicted octanol–water partition coefficient (Wildman–Crippen LogP) is 3.48. The van der Waals surface area contributed by atoms with Crippen molar-refractivity contribution in [2.24, 2.45) is 0 Å². The quantitative estimate of drug-likeness (QED) is 0.461. The molecule has 1 aromatic heterocycles. The highest BCUT2D eigenvalue weighted by molar-refractivity contribution is 7.21. The molecule has 0 atom stereocenters. The number of carbonyl (C=O) groups excluding carboxylic acids is 3. The van der Waals surface area contributed by atoms with E-state index in [1.165, 1.54) is 11.3 Å². The minimum absolute atomic E-state index is 0.318. The molecule has 0 saturated heterocycles. The van der Waals surface area contributed by atoms with Crippen LogP contribution in [0.1, 0.15) is 20.0 Å². The highest BCUT2D eigenvalue weighted by atomic mass is 35.5. The van der Waals surface area contributed by atoms with Crippen LogP contribution in [0.2, 0.25) is 5.02 Å². The molecule has 0 unspecified atom stereocenters. The predicted molar refractivity (Wildman–Crippen MR) is 112 cm³/mol. The molecule has 0 saturated carbocycles. The van der Waals surface area contributed by atoms with Crippen molar-refractivity contribution in [3.63, 3.8) is 0 Å². The number of ketones is 1. The van der Waals surface area contributed by atoms with Crippen molar-refractivity contribution in [1.29, 1.82) is 0 Å². The second-order valence-corrected chi connectivity index (χ2v) is 7.80. The van der Waals surface area contributed by atoms with Gasteiger partial charge in [-0.25, -0.2) is 0 Å². The maximum absolute atomic E-state index is 12.4. The second kappa shape index (κ2) is 8.73. The van der Waals surface area contributed by atoms with Crippen LogP contribution in [0, 0.1) is 0 Å². The molecule has 4 rings (SSSR count). The molecule has 2 heterocycles. The molecule has 9 heteroatoms.